The van der Waals surface area contributed by atoms with Gasteiger partial charge in [-0.3, -0.25) is 0 Å². The fraction of sp³-hybridized carbons (Fsp3) is 0.593. The van der Waals surface area contributed by atoms with Gasteiger partial charge in [0.2, 0.25) is 23.7 Å². The molecule has 0 radical (unpaired) electrons. The lowest BCUT2D eigenvalue weighted by molar-refractivity contribution is 0.00778. The maximum Gasteiger partial charge on any atom is 0.321 e. The van der Waals surface area contributed by atoms with Crippen LogP contribution in [0.4, 0.5) is 62.1 Å². The number of ether oxygens (including phenoxy) is 2. The third kappa shape index (κ3) is 13.4. The Bertz CT molecular complexity index is 2420. The maximum absolute atomic E-state index is 13.8. The van der Waals surface area contributed by atoms with Crippen LogP contribution in [0.15, 0.2) is 48.5 Å². The Hall–Kier alpha value is -6.02. The van der Waals surface area contributed by atoms with Crippen LogP contribution in [0.5, 0.6) is 0 Å². The number of aryl methyl sites for hydroxylation is 2. The Kier molecular flexibility index (Phi) is 16.6. The van der Waals surface area contributed by atoms with Crippen LogP contribution in [0.2, 0.25) is 0 Å². The van der Waals surface area contributed by atoms with Crippen LogP contribution < -0.4 is 31.1 Å². The summed E-state index contributed by atoms with van der Waals surface area (Å²) >= 11 is 0. The van der Waals surface area contributed by atoms with Gasteiger partial charge in [0.25, 0.3) is 0 Å². The van der Waals surface area contributed by atoms with Gasteiger partial charge in [0, 0.05) is 125 Å². The van der Waals surface area contributed by atoms with Crippen molar-refractivity contribution in [1.29, 1.82) is 0 Å². The van der Waals surface area contributed by atoms with Gasteiger partial charge >= 0.3 is 12.1 Å². The van der Waals surface area contributed by atoms with Crippen molar-refractivity contribution >= 4 is 47.0 Å². The number of likely N-dealkylation sites (tertiary alicyclic amines) is 2. The van der Waals surface area contributed by atoms with E-state index in [0.717, 1.165) is 85.8 Å². The lowest BCUT2D eigenvalue weighted by atomic mass is 10.0. The number of benzene rings is 2. The van der Waals surface area contributed by atoms with Crippen molar-refractivity contribution in [2.24, 2.45) is 11.8 Å². The summed E-state index contributed by atoms with van der Waals surface area (Å²) in [4.78, 5) is 52.6. The summed E-state index contributed by atoms with van der Waals surface area (Å²) in [5, 5.41) is 12.4. The summed E-state index contributed by atoms with van der Waals surface area (Å²) in [6, 6.07) is 14.5. The van der Waals surface area contributed by atoms with E-state index in [0.29, 0.717) is 112 Å². The third-order valence-corrected chi connectivity index (χ3v) is 15.4. The van der Waals surface area contributed by atoms with Crippen molar-refractivity contribution < 1.29 is 36.6 Å². The number of hydrogen-bond acceptors (Lipinski definition) is 12. The minimum absolute atomic E-state index is 0.0908. The van der Waals surface area contributed by atoms with E-state index in [4.69, 9.17) is 19.4 Å². The van der Waals surface area contributed by atoms with Gasteiger partial charge in [-0.1, -0.05) is 38.8 Å². The molecule has 0 unspecified atom stereocenters. The summed E-state index contributed by atoms with van der Waals surface area (Å²) in [6.45, 7) is 16.6. The van der Waals surface area contributed by atoms with E-state index in [2.05, 4.69) is 54.9 Å². The van der Waals surface area contributed by atoms with Gasteiger partial charge in [-0.25, -0.2) is 37.1 Å². The highest BCUT2D eigenvalue weighted by molar-refractivity contribution is 5.91. The van der Waals surface area contributed by atoms with E-state index < -0.39 is 11.8 Å². The van der Waals surface area contributed by atoms with Crippen molar-refractivity contribution in [1.82, 2.24) is 29.7 Å². The number of halogens is 4. The molecule has 74 heavy (non-hydrogen) atoms. The highest BCUT2D eigenvalue weighted by atomic mass is 19.3. The van der Waals surface area contributed by atoms with E-state index in [1.165, 1.54) is 0 Å². The fourth-order valence-electron chi connectivity index (χ4n) is 10.8. The summed E-state index contributed by atoms with van der Waals surface area (Å²) in [6.07, 6.45) is 4.29. The molecule has 4 N–H and O–H groups in total. The van der Waals surface area contributed by atoms with Crippen LogP contribution in [0, 0.1) is 25.7 Å². The molecule has 6 aliphatic rings. The SMILES string of the molecule is CC[C@@H]1CCN(C(=O)Nc2ccc(C)c(-c3cc(N4CCOCC4)nc(N[C@@H]4CCC(F)(F)C4)n3)c2)C1.CC[C@@H]1CCN(C(=O)Nc2ccc(C)c(-c3cc(N4CCOCC4)nc(N[C@H]4CCC(F)(F)C4)n3)c2)C1. The molecule has 4 aromatic rings. The van der Waals surface area contributed by atoms with E-state index in [9.17, 15) is 27.2 Å². The fourth-order valence-corrected chi connectivity index (χ4v) is 10.8. The van der Waals surface area contributed by atoms with Crippen LogP contribution in [-0.4, -0.2) is 145 Å². The number of aromatic nitrogens is 4. The number of morpholine rings is 2. The van der Waals surface area contributed by atoms with Crippen LogP contribution in [0.3, 0.4) is 0 Å². The molecule has 20 heteroatoms. The first-order valence-electron chi connectivity index (χ1n) is 26.7. The second-order valence-corrected chi connectivity index (χ2v) is 20.9. The largest absolute Gasteiger partial charge is 0.378 e. The Morgan fingerprint density at radius 1 is 0.581 bits per heavy atom. The molecule has 400 valence electrons. The lowest BCUT2D eigenvalue weighted by Crippen LogP contribution is -2.37. The summed E-state index contributed by atoms with van der Waals surface area (Å²) in [5.74, 6) is -2.03. The van der Waals surface area contributed by atoms with Crippen LogP contribution in [0.1, 0.15) is 89.2 Å². The van der Waals surface area contributed by atoms with Gasteiger partial charge in [-0.05, 0) is 86.8 Å². The Labute approximate surface area is 431 Å². The Morgan fingerprint density at radius 3 is 1.34 bits per heavy atom. The van der Waals surface area contributed by atoms with E-state index in [1.54, 1.807) is 0 Å². The molecule has 4 atom stereocenters. The number of alkyl halides is 4. The van der Waals surface area contributed by atoms with Crippen molar-refractivity contribution in [2.75, 3.05) is 110 Å². The number of rotatable bonds is 12. The number of nitrogens with zero attached hydrogens (tertiary/aromatic N) is 8. The zero-order chi connectivity index (χ0) is 52.0. The first-order chi connectivity index (χ1) is 35.6. The molecule has 16 nitrogen and oxygen atoms in total. The molecule has 6 heterocycles. The smallest absolute Gasteiger partial charge is 0.321 e. The zero-order valence-electron chi connectivity index (χ0n) is 43.2. The number of carbonyl (C=O) groups excluding carboxylic acids is 2. The molecule has 4 saturated heterocycles. The first kappa shape index (κ1) is 52.8. The topological polar surface area (TPSA) is 165 Å². The molecular formula is C54H72F4N12O4. The number of anilines is 6. The number of urea groups is 2. The molecule has 4 aliphatic heterocycles. The van der Waals surface area contributed by atoms with Gasteiger partial charge in [0.15, 0.2) is 0 Å². The summed E-state index contributed by atoms with van der Waals surface area (Å²) in [7, 11) is 0. The predicted molar refractivity (Wildman–Crippen MR) is 281 cm³/mol. The highest BCUT2D eigenvalue weighted by Crippen LogP contribution is 2.39. The molecule has 4 amide bonds. The van der Waals surface area contributed by atoms with E-state index in [1.807, 2.05) is 72.2 Å². The van der Waals surface area contributed by atoms with E-state index in [-0.39, 0.29) is 49.8 Å². The Balaban J connectivity index is 0.000000182. The van der Waals surface area contributed by atoms with Crippen molar-refractivity contribution in [2.45, 2.75) is 116 Å². The zero-order valence-corrected chi connectivity index (χ0v) is 43.2. The number of hydrogen-bond donors (Lipinski definition) is 4. The maximum atomic E-state index is 13.8. The van der Waals surface area contributed by atoms with Gasteiger partial charge in [0.1, 0.15) is 11.6 Å². The van der Waals surface area contributed by atoms with Crippen molar-refractivity contribution in [3.05, 3.63) is 59.7 Å². The second-order valence-electron chi connectivity index (χ2n) is 20.9. The predicted octanol–water partition coefficient (Wildman–Crippen LogP) is 10.3. The summed E-state index contributed by atoms with van der Waals surface area (Å²) < 4.78 is 66.3. The van der Waals surface area contributed by atoms with E-state index >= 15 is 0 Å². The minimum Gasteiger partial charge on any atom is -0.378 e. The average molecular weight is 1030 g/mol. The second kappa shape index (κ2) is 23.3. The molecular weight excluding hydrogens is 957 g/mol. The molecule has 2 aromatic carbocycles. The number of carbonyl (C=O) groups is 2. The third-order valence-electron chi connectivity index (χ3n) is 15.4. The van der Waals surface area contributed by atoms with Crippen molar-refractivity contribution in [3.63, 3.8) is 0 Å². The first-order valence-corrected chi connectivity index (χ1v) is 26.7. The molecule has 2 saturated carbocycles. The average Bonchev–Trinajstić information content (AvgIpc) is 4.23. The van der Waals surface area contributed by atoms with Crippen LogP contribution >= 0.6 is 0 Å². The standard InChI is InChI=1S/2C27H36F2N6O2/c2*1-3-19-7-9-35(17-19)26(36)31-20-5-4-18(2)22(14-20)23-15-24(34-10-12-37-13-11-34)33-25(32-23)30-21-6-8-27(28,29)16-21/h2*4-5,14-15,19,21H,3,6-13,16-17H2,1-2H3,(H,31,36)(H,30,32,33)/t19-,21+;19-,21-/m11/s1. The molecule has 2 aliphatic carbocycles. The van der Waals surface area contributed by atoms with Gasteiger partial charge < -0.3 is 50.3 Å². The number of nitrogens with one attached hydrogen (secondary N) is 4. The minimum atomic E-state index is -2.65. The quantitative estimate of drug-likeness (QED) is 0.0995. The normalized spacial score (nSPS) is 23.4. The van der Waals surface area contributed by atoms with Crippen molar-refractivity contribution in [3.8, 4) is 22.5 Å². The monoisotopic (exact) mass is 1030 g/mol. The molecule has 10 rings (SSSR count). The molecule has 2 aromatic heterocycles. The highest BCUT2D eigenvalue weighted by Gasteiger charge is 2.41. The van der Waals surface area contributed by atoms with Crippen LogP contribution in [0.25, 0.3) is 22.5 Å². The molecule has 0 bridgehead atoms. The van der Waals surface area contributed by atoms with Gasteiger partial charge in [-0.15, -0.1) is 0 Å². The van der Waals surface area contributed by atoms with Gasteiger partial charge in [-0.2, -0.15) is 9.97 Å². The molecule has 6 fully saturated rings. The lowest BCUT2D eigenvalue weighted by Gasteiger charge is -2.28. The summed E-state index contributed by atoms with van der Waals surface area (Å²) in [5.41, 5.74) is 6.48. The Morgan fingerprint density at radius 2 is 0.986 bits per heavy atom. The van der Waals surface area contributed by atoms with Gasteiger partial charge in [0.05, 0.1) is 37.8 Å². The molecule has 0 spiro atoms. The van der Waals surface area contributed by atoms with Crippen LogP contribution in [-0.2, 0) is 9.47 Å². The number of amides is 4.